The molecule has 2 aromatic rings. The maximum absolute atomic E-state index is 6.41. The Kier molecular flexibility index (Phi) is 4.10. The van der Waals surface area contributed by atoms with Crippen LogP contribution < -0.4 is 4.74 Å². The topological polar surface area (TPSA) is 22.4 Å². The Morgan fingerprint density at radius 3 is 2.44 bits per heavy atom. The minimum atomic E-state index is -0.403. The highest BCUT2D eigenvalue weighted by atomic mass is 35.5. The average Bonchev–Trinajstić information content (AvgIpc) is 2.77. The number of benzene rings is 1. The molecule has 2 rings (SSSR count). The van der Waals surface area contributed by atoms with Gasteiger partial charge in [-0.15, -0.1) is 11.6 Å². The van der Waals surface area contributed by atoms with Gasteiger partial charge < -0.3 is 9.15 Å². The van der Waals surface area contributed by atoms with Crippen molar-refractivity contribution in [2.24, 2.45) is 0 Å². The number of hydrogen-bond acceptors (Lipinski definition) is 2. The van der Waals surface area contributed by atoms with E-state index in [4.69, 9.17) is 44.0 Å². The molecular weight excluding hydrogens is 294 g/mol. The predicted molar refractivity (Wildman–Crippen MR) is 74.2 cm³/mol. The molecule has 1 aromatic carbocycles. The number of halogens is 3. The molecule has 0 radical (unpaired) electrons. The molecule has 0 bridgehead atoms. The molecule has 0 saturated carbocycles. The molecule has 0 N–H and O–H groups in total. The largest absolute Gasteiger partial charge is 0.495 e. The van der Waals surface area contributed by atoms with Crippen molar-refractivity contribution in [3.63, 3.8) is 0 Å². The fraction of sp³-hybridized carbons (Fsp3) is 0.231. The Labute approximate surface area is 120 Å². The number of furan rings is 1. The highest BCUT2D eigenvalue weighted by Gasteiger charge is 2.20. The van der Waals surface area contributed by atoms with E-state index in [0.717, 1.165) is 16.9 Å². The van der Waals surface area contributed by atoms with Crippen molar-refractivity contribution in [3.05, 3.63) is 51.4 Å². The van der Waals surface area contributed by atoms with Crippen LogP contribution in [0.25, 0.3) is 0 Å². The van der Waals surface area contributed by atoms with E-state index in [2.05, 4.69) is 0 Å². The molecule has 96 valence electrons. The van der Waals surface area contributed by atoms with E-state index < -0.39 is 5.38 Å². The summed E-state index contributed by atoms with van der Waals surface area (Å²) in [4.78, 5) is 0. The van der Waals surface area contributed by atoms with Crippen LogP contribution in [0.5, 0.6) is 5.75 Å². The first-order chi connectivity index (χ1) is 8.54. The summed E-state index contributed by atoms with van der Waals surface area (Å²) in [5, 5.41) is 0.584. The Balaban J connectivity index is 2.46. The van der Waals surface area contributed by atoms with E-state index in [1.807, 2.05) is 13.0 Å². The maximum atomic E-state index is 6.41. The molecule has 0 aliphatic heterocycles. The number of rotatable bonds is 3. The third-order valence-corrected chi connectivity index (χ3v) is 3.81. The lowest BCUT2D eigenvalue weighted by Gasteiger charge is -2.13. The number of hydrogen-bond donors (Lipinski definition) is 0. The molecule has 1 heterocycles. The summed E-state index contributed by atoms with van der Waals surface area (Å²) in [6.07, 6.45) is 1.60. The maximum Gasteiger partial charge on any atom is 0.138 e. The summed E-state index contributed by atoms with van der Waals surface area (Å²) >= 11 is 18.7. The minimum Gasteiger partial charge on any atom is -0.495 e. The summed E-state index contributed by atoms with van der Waals surface area (Å²) in [5.74, 6) is 1.29. The van der Waals surface area contributed by atoms with Gasteiger partial charge in [-0.05, 0) is 24.6 Å². The van der Waals surface area contributed by atoms with Crippen molar-refractivity contribution >= 4 is 34.8 Å². The molecule has 1 unspecified atom stereocenters. The molecule has 0 fully saturated rings. The van der Waals surface area contributed by atoms with Crippen molar-refractivity contribution in [3.8, 4) is 5.75 Å². The van der Waals surface area contributed by atoms with Gasteiger partial charge in [0.05, 0.1) is 23.8 Å². The molecule has 5 heteroatoms. The fourth-order valence-electron chi connectivity index (χ4n) is 1.72. The quantitative estimate of drug-likeness (QED) is 0.724. The van der Waals surface area contributed by atoms with E-state index in [1.165, 1.54) is 7.11 Å². The van der Waals surface area contributed by atoms with Gasteiger partial charge >= 0.3 is 0 Å². The summed E-state index contributed by atoms with van der Waals surface area (Å²) in [6.45, 7) is 1.85. The molecule has 0 amide bonds. The summed E-state index contributed by atoms with van der Waals surface area (Å²) < 4.78 is 10.3. The highest BCUT2D eigenvalue weighted by Crippen LogP contribution is 2.40. The van der Waals surface area contributed by atoms with Crippen molar-refractivity contribution in [2.45, 2.75) is 12.3 Å². The van der Waals surface area contributed by atoms with Gasteiger partial charge in [-0.3, -0.25) is 0 Å². The lowest BCUT2D eigenvalue weighted by atomic mass is 10.0. The Hall–Kier alpha value is -0.830. The van der Waals surface area contributed by atoms with Crippen LogP contribution in [-0.4, -0.2) is 7.11 Å². The molecule has 0 aliphatic carbocycles. The van der Waals surface area contributed by atoms with E-state index in [9.17, 15) is 0 Å². The van der Waals surface area contributed by atoms with E-state index in [-0.39, 0.29) is 0 Å². The SMILES string of the molecule is COc1cc(Cl)c(C(Cl)c2ccoc2C)cc1Cl. The molecule has 1 aromatic heterocycles. The van der Waals surface area contributed by atoms with Crippen molar-refractivity contribution in [1.82, 2.24) is 0 Å². The Morgan fingerprint density at radius 2 is 1.89 bits per heavy atom. The first-order valence-electron chi connectivity index (χ1n) is 5.25. The molecule has 0 spiro atoms. The van der Waals surface area contributed by atoms with Crippen LogP contribution in [0.4, 0.5) is 0 Å². The van der Waals surface area contributed by atoms with Crippen LogP contribution >= 0.6 is 34.8 Å². The smallest absolute Gasteiger partial charge is 0.138 e. The average molecular weight is 306 g/mol. The lowest BCUT2D eigenvalue weighted by molar-refractivity contribution is 0.415. The zero-order valence-corrected chi connectivity index (χ0v) is 12.1. The van der Waals surface area contributed by atoms with Gasteiger partial charge in [0.2, 0.25) is 0 Å². The van der Waals surface area contributed by atoms with Crippen molar-refractivity contribution < 1.29 is 9.15 Å². The number of ether oxygens (including phenoxy) is 1. The number of aryl methyl sites for hydroxylation is 1. The van der Waals surface area contributed by atoms with Crippen LogP contribution in [0, 0.1) is 6.92 Å². The predicted octanol–water partition coefficient (Wildman–Crippen LogP) is 5.23. The molecule has 1 atom stereocenters. The van der Waals surface area contributed by atoms with Crippen LogP contribution in [-0.2, 0) is 0 Å². The fourth-order valence-corrected chi connectivity index (χ4v) is 2.69. The van der Waals surface area contributed by atoms with Crippen LogP contribution in [0.15, 0.2) is 28.9 Å². The van der Waals surface area contributed by atoms with Crippen LogP contribution in [0.2, 0.25) is 10.0 Å². The summed E-state index contributed by atoms with van der Waals surface area (Å²) in [5.41, 5.74) is 1.61. The van der Waals surface area contributed by atoms with Gasteiger partial charge in [-0.2, -0.15) is 0 Å². The zero-order chi connectivity index (χ0) is 13.3. The first kappa shape index (κ1) is 13.6. The van der Waals surface area contributed by atoms with E-state index in [1.54, 1.807) is 18.4 Å². The Morgan fingerprint density at radius 1 is 1.17 bits per heavy atom. The van der Waals surface area contributed by atoms with Gasteiger partial charge in [-0.1, -0.05) is 23.2 Å². The van der Waals surface area contributed by atoms with E-state index in [0.29, 0.717) is 15.8 Å². The van der Waals surface area contributed by atoms with Crippen molar-refractivity contribution in [1.29, 1.82) is 0 Å². The van der Waals surface area contributed by atoms with Gasteiger partial charge in [0, 0.05) is 16.7 Å². The normalized spacial score (nSPS) is 12.5. The number of methoxy groups -OCH3 is 1. The van der Waals surface area contributed by atoms with Gasteiger partial charge in [0.1, 0.15) is 11.5 Å². The summed E-state index contributed by atoms with van der Waals surface area (Å²) in [7, 11) is 1.54. The standard InChI is InChI=1S/C13H11Cl3O2/c1-7-8(3-4-18-7)13(16)9-5-11(15)12(17-2)6-10(9)14/h3-6,13H,1-2H3. The minimum absolute atomic E-state index is 0.403. The number of alkyl halides is 1. The second kappa shape index (κ2) is 5.43. The third kappa shape index (κ3) is 2.46. The second-order valence-electron chi connectivity index (χ2n) is 3.80. The molecule has 18 heavy (non-hydrogen) atoms. The molecule has 2 nitrogen and oxygen atoms in total. The Bertz CT molecular complexity index is 563. The van der Waals surface area contributed by atoms with Crippen molar-refractivity contribution in [2.75, 3.05) is 7.11 Å². The third-order valence-electron chi connectivity index (χ3n) is 2.72. The molecular formula is C13H11Cl3O2. The molecule has 0 saturated heterocycles. The monoisotopic (exact) mass is 304 g/mol. The van der Waals surface area contributed by atoms with Crippen LogP contribution in [0.1, 0.15) is 22.3 Å². The first-order valence-corrected chi connectivity index (χ1v) is 6.44. The van der Waals surface area contributed by atoms with Gasteiger partial charge in [-0.25, -0.2) is 0 Å². The second-order valence-corrected chi connectivity index (χ2v) is 5.05. The van der Waals surface area contributed by atoms with Gasteiger partial charge in [0.25, 0.3) is 0 Å². The highest BCUT2D eigenvalue weighted by molar-refractivity contribution is 6.36. The van der Waals surface area contributed by atoms with Crippen LogP contribution in [0.3, 0.4) is 0 Å². The zero-order valence-electron chi connectivity index (χ0n) is 9.84. The lowest BCUT2D eigenvalue weighted by Crippen LogP contribution is -1.96. The van der Waals surface area contributed by atoms with Gasteiger partial charge in [0.15, 0.2) is 0 Å². The molecule has 0 aliphatic rings. The van der Waals surface area contributed by atoms with E-state index >= 15 is 0 Å². The summed E-state index contributed by atoms with van der Waals surface area (Å²) in [6, 6.07) is 5.19.